The van der Waals surface area contributed by atoms with Gasteiger partial charge in [0.25, 0.3) is 0 Å². The van der Waals surface area contributed by atoms with E-state index < -0.39 is 0 Å². The Hall–Kier alpha value is -0.770. The minimum absolute atomic E-state index is 0.0502. The van der Waals surface area contributed by atoms with E-state index in [0.29, 0.717) is 12.6 Å². The highest BCUT2D eigenvalue weighted by molar-refractivity contribution is 5.74. The zero-order valence-corrected chi connectivity index (χ0v) is 9.71. The van der Waals surface area contributed by atoms with Crippen LogP contribution in [0, 0.1) is 0 Å². The van der Waals surface area contributed by atoms with E-state index in [-0.39, 0.29) is 12.1 Å². The minimum atomic E-state index is -0.0502. The average Bonchev–Trinajstić information content (AvgIpc) is 2.69. The maximum atomic E-state index is 11.6. The van der Waals surface area contributed by atoms with Crippen LogP contribution in [-0.4, -0.2) is 31.3 Å². The molecular formula is C11H22N2O2. The average molecular weight is 214 g/mol. The molecule has 1 aliphatic rings. The van der Waals surface area contributed by atoms with Crippen LogP contribution in [0.1, 0.15) is 39.5 Å². The first-order valence-corrected chi connectivity index (χ1v) is 5.91. The molecule has 0 spiro atoms. The molecule has 0 aromatic heterocycles. The third-order valence-electron chi connectivity index (χ3n) is 2.73. The molecule has 2 unspecified atom stereocenters. The van der Waals surface area contributed by atoms with Crippen molar-refractivity contribution >= 4 is 6.03 Å². The van der Waals surface area contributed by atoms with Gasteiger partial charge >= 0.3 is 6.03 Å². The lowest BCUT2D eigenvalue weighted by atomic mass is 10.1. The zero-order valence-electron chi connectivity index (χ0n) is 9.71. The van der Waals surface area contributed by atoms with Crippen molar-refractivity contribution < 1.29 is 9.53 Å². The summed E-state index contributed by atoms with van der Waals surface area (Å²) in [6, 6.07) is 0.451. The third-order valence-corrected chi connectivity index (χ3v) is 2.73. The quantitative estimate of drug-likeness (QED) is 0.731. The van der Waals surface area contributed by atoms with Gasteiger partial charge in [0.1, 0.15) is 0 Å². The summed E-state index contributed by atoms with van der Waals surface area (Å²) >= 11 is 0. The summed E-state index contributed by atoms with van der Waals surface area (Å²) in [7, 11) is 0. The van der Waals surface area contributed by atoms with E-state index in [2.05, 4.69) is 24.5 Å². The van der Waals surface area contributed by atoms with E-state index in [1.807, 2.05) is 0 Å². The lowest BCUT2D eigenvalue weighted by molar-refractivity contribution is 0.188. The largest absolute Gasteiger partial charge is 0.379 e. The van der Waals surface area contributed by atoms with Crippen LogP contribution in [0.25, 0.3) is 0 Å². The van der Waals surface area contributed by atoms with Crippen molar-refractivity contribution in [1.82, 2.24) is 10.6 Å². The SMILES string of the molecule is CCCC(CC)NC(=O)NC1CCOC1. The number of hydrogen-bond acceptors (Lipinski definition) is 2. The number of rotatable bonds is 5. The van der Waals surface area contributed by atoms with Crippen LogP contribution in [0.3, 0.4) is 0 Å². The van der Waals surface area contributed by atoms with Gasteiger partial charge in [0.2, 0.25) is 0 Å². The van der Waals surface area contributed by atoms with Gasteiger partial charge in [0.05, 0.1) is 12.6 Å². The van der Waals surface area contributed by atoms with E-state index in [9.17, 15) is 4.79 Å². The molecule has 2 atom stereocenters. The number of urea groups is 1. The fourth-order valence-corrected chi connectivity index (χ4v) is 1.79. The molecule has 0 saturated carbocycles. The van der Waals surface area contributed by atoms with Gasteiger partial charge in [0, 0.05) is 12.6 Å². The molecule has 4 nitrogen and oxygen atoms in total. The van der Waals surface area contributed by atoms with Gasteiger partial charge in [-0.05, 0) is 19.3 Å². The van der Waals surface area contributed by atoms with E-state index >= 15 is 0 Å². The maximum absolute atomic E-state index is 11.6. The second kappa shape index (κ2) is 6.67. The first-order valence-electron chi connectivity index (χ1n) is 5.91. The molecule has 0 aromatic carbocycles. The van der Waals surface area contributed by atoms with Crippen molar-refractivity contribution in [2.24, 2.45) is 0 Å². The molecule has 0 bridgehead atoms. The summed E-state index contributed by atoms with van der Waals surface area (Å²) < 4.78 is 5.19. The van der Waals surface area contributed by atoms with Gasteiger partial charge in [-0.25, -0.2) is 4.79 Å². The number of carbonyl (C=O) groups excluding carboxylic acids is 1. The van der Waals surface area contributed by atoms with Crippen molar-refractivity contribution in [3.05, 3.63) is 0 Å². The fraction of sp³-hybridized carbons (Fsp3) is 0.909. The van der Waals surface area contributed by atoms with Crippen LogP contribution in [0.5, 0.6) is 0 Å². The molecule has 2 N–H and O–H groups in total. The summed E-state index contributed by atoms with van der Waals surface area (Å²) in [6.07, 6.45) is 4.07. The summed E-state index contributed by atoms with van der Waals surface area (Å²) in [5, 5.41) is 5.92. The van der Waals surface area contributed by atoms with Crippen molar-refractivity contribution in [1.29, 1.82) is 0 Å². The van der Waals surface area contributed by atoms with Crippen molar-refractivity contribution in [2.45, 2.75) is 51.6 Å². The fourth-order valence-electron chi connectivity index (χ4n) is 1.79. The Balaban J connectivity index is 2.20. The molecule has 1 aliphatic heterocycles. The Bertz CT molecular complexity index is 191. The first-order chi connectivity index (χ1) is 7.26. The molecular weight excluding hydrogens is 192 g/mol. The Morgan fingerprint density at radius 2 is 2.33 bits per heavy atom. The second-order valence-corrected chi connectivity index (χ2v) is 4.07. The lowest BCUT2D eigenvalue weighted by Gasteiger charge is -2.18. The molecule has 1 saturated heterocycles. The van der Waals surface area contributed by atoms with Crippen molar-refractivity contribution in [3.63, 3.8) is 0 Å². The van der Waals surface area contributed by atoms with Crippen LogP contribution >= 0.6 is 0 Å². The Morgan fingerprint density at radius 3 is 2.87 bits per heavy atom. The van der Waals surface area contributed by atoms with Crippen molar-refractivity contribution in [2.75, 3.05) is 13.2 Å². The van der Waals surface area contributed by atoms with E-state index in [1.165, 1.54) is 0 Å². The minimum Gasteiger partial charge on any atom is -0.379 e. The van der Waals surface area contributed by atoms with E-state index in [4.69, 9.17) is 4.74 Å². The first kappa shape index (κ1) is 12.3. The molecule has 15 heavy (non-hydrogen) atoms. The molecule has 1 rings (SSSR count). The molecule has 0 aromatic rings. The highest BCUT2D eigenvalue weighted by Gasteiger charge is 2.18. The summed E-state index contributed by atoms with van der Waals surface area (Å²) in [5.41, 5.74) is 0. The Labute approximate surface area is 91.8 Å². The van der Waals surface area contributed by atoms with Gasteiger partial charge in [-0.1, -0.05) is 20.3 Å². The summed E-state index contributed by atoms with van der Waals surface area (Å²) in [4.78, 5) is 11.6. The highest BCUT2D eigenvalue weighted by Crippen LogP contribution is 2.04. The molecule has 1 fully saturated rings. The molecule has 4 heteroatoms. The second-order valence-electron chi connectivity index (χ2n) is 4.07. The van der Waals surface area contributed by atoms with Gasteiger partial charge in [-0.3, -0.25) is 0 Å². The highest BCUT2D eigenvalue weighted by atomic mass is 16.5. The molecule has 0 radical (unpaired) electrons. The van der Waals surface area contributed by atoms with Crippen molar-refractivity contribution in [3.8, 4) is 0 Å². The van der Waals surface area contributed by atoms with Gasteiger partial charge in [-0.2, -0.15) is 0 Å². The number of hydrogen-bond donors (Lipinski definition) is 2. The van der Waals surface area contributed by atoms with Crippen LogP contribution in [0.2, 0.25) is 0 Å². The van der Waals surface area contributed by atoms with Crippen LogP contribution in [0.15, 0.2) is 0 Å². The Kier molecular flexibility index (Phi) is 5.47. The number of carbonyl (C=O) groups is 1. The van der Waals surface area contributed by atoms with E-state index in [1.54, 1.807) is 0 Å². The Morgan fingerprint density at radius 1 is 1.53 bits per heavy atom. The standard InChI is InChI=1S/C11H22N2O2/c1-3-5-9(4-2)12-11(14)13-10-6-7-15-8-10/h9-10H,3-8H2,1-2H3,(H2,12,13,14). The predicted octanol–water partition coefficient (Wildman–Crippen LogP) is 1.65. The third kappa shape index (κ3) is 4.51. The topological polar surface area (TPSA) is 50.4 Å². The zero-order chi connectivity index (χ0) is 11.1. The van der Waals surface area contributed by atoms with Gasteiger partial charge < -0.3 is 15.4 Å². The van der Waals surface area contributed by atoms with Crippen LogP contribution in [-0.2, 0) is 4.74 Å². The number of amides is 2. The van der Waals surface area contributed by atoms with Crippen LogP contribution in [0.4, 0.5) is 4.79 Å². The van der Waals surface area contributed by atoms with Gasteiger partial charge in [-0.15, -0.1) is 0 Å². The monoisotopic (exact) mass is 214 g/mol. The smallest absolute Gasteiger partial charge is 0.315 e. The van der Waals surface area contributed by atoms with E-state index in [0.717, 1.165) is 32.3 Å². The van der Waals surface area contributed by atoms with Gasteiger partial charge in [0.15, 0.2) is 0 Å². The predicted molar refractivity (Wildman–Crippen MR) is 59.9 cm³/mol. The maximum Gasteiger partial charge on any atom is 0.315 e. The molecule has 0 aliphatic carbocycles. The molecule has 2 amide bonds. The molecule has 88 valence electrons. The number of nitrogens with one attached hydrogen (secondary N) is 2. The summed E-state index contributed by atoms with van der Waals surface area (Å²) in [6.45, 7) is 5.64. The molecule has 1 heterocycles. The van der Waals surface area contributed by atoms with Crippen LogP contribution < -0.4 is 10.6 Å². The lowest BCUT2D eigenvalue weighted by Crippen LogP contribution is -2.46. The summed E-state index contributed by atoms with van der Waals surface area (Å²) in [5.74, 6) is 0. The number of ether oxygens (including phenoxy) is 1. The normalized spacial score (nSPS) is 22.4.